The van der Waals surface area contributed by atoms with Gasteiger partial charge in [0.25, 0.3) is 0 Å². The van der Waals surface area contributed by atoms with Crippen molar-refractivity contribution in [2.45, 2.75) is 12.8 Å². The standard InChI is InChI=1S/C15H14N2O4/c18-13-4-2-1-3-11(13)16-17-12-9-10(5-7-14(12)19)6-8-15(20)21/h1-5,7,9,18-19H,6,8H2,(H,20,21). The maximum atomic E-state index is 10.6. The molecule has 0 amide bonds. The summed E-state index contributed by atoms with van der Waals surface area (Å²) in [5, 5.41) is 35.7. The summed E-state index contributed by atoms with van der Waals surface area (Å²) in [6.45, 7) is 0. The van der Waals surface area contributed by atoms with Gasteiger partial charge < -0.3 is 15.3 Å². The number of aliphatic carboxylic acids is 1. The summed E-state index contributed by atoms with van der Waals surface area (Å²) in [4.78, 5) is 10.6. The molecule has 0 saturated heterocycles. The first-order valence-corrected chi connectivity index (χ1v) is 6.29. The minimum atomic E-state index is -0.888. The quantitative estimate of drug-likeness (QED) is 0.731. The highest BCUT2D eigenvalue weighted by Gasteiger charge is 2.05. The molecule has 0 atom stereocenters. The number of hydrogen-bond acceptors (Lipinski definition) is 5. The Labute approximate surface area is 121 Å². The Morgan fingerprint density at radius 1 is 0.952 bits per heavy atom. The van der Waals surface area contributed by atoms with Gasteiger partial charge in [-0.05, 0) is 36.2 Å². The van der Waals surface area contributed by atoms with E-state index in [-0.39, 0.29) is 29.3 Å². The summed E-state index contributed by atoms with van der Waals surface area (Å²) in [7, 11) is 0. The van der Waals surface area contributed by atoms with Gasteiger partial charge in [-0.1, -0.05) is 18.2 Å². The third-order valence-corrected chi connectivity index (χ3v) is 2.81. The molecule has 0 heterocycles. The van der Waals surface area contributed by atoms with Gasteiger partial charge in [0.1, 0.15) is 22.9 Å². The highest BCUT2D eigenvalue weighted by atomic mass is 16.4. The van der Waals surface area contributed by atoms with Crippen LogP contribution in [0.3, 0.4) is 0 Å². The molecule has 0 spiro atoms. The van der Waals surface area contributed by atoms with Crippen LogP contribution in [-0.4, -0.2) is 21.3 Å². The van der Waals surface area contributed by atoms with Crippen molar-refractivity contribution in [2.75, 3.05) is 0 Å². The molecule has 2 rings (SSSR count). The van der Waals surface area contributed by atoms with E-state index in [4.69, 9.17) is 5.11 Å². The minimum Gasteiger partial charge on any atom is -0.506 e. The molecule has 0 aliphatic carbocycles. The summed E-state index contributed by atoms with van der Waals surface area (Å²) >= 11 is 0. The van der Waals surface area contributed by atoms with Crippen molar-refractivity contribution in [3.05, 3.63) is 48.0 Å². The smallest absolute Gasteiger partial charge is 0.303 e. The van der Waals surface area contributed by atoms with Crippen LogP contribution in [0.2, 0.25) is 0 Å². The molecule has 0 saturated carbocycles. The van der Waals surface area contributed by atoms with Crippen LogP contribution in [0, 0.1) is 0 Å². The number of carbonyl (C=O) groups is 1. The molecule has 6 heteroatoms. The Morgan fingerprint density at radius 2 is 1.62 bits per heavy atom. The summed E-state index contributed by atoms with van der Waals surface area (Å²) in [6.07, 6.45) is 0.343. The van der Waals surface area contributed by atoms with E-state index >= 15 is 0 Å². The van der Waals surface area contributed by atoms with Crippen LogP contribution < -0.4 is 0 Å². The van der Waals surface area contributed by atoms with Crippen LogP contribution in [0.25, 0.3) is 0 Å². The Kier molecular flexibility index (Phi) is 4.50. The maximum Gasteiger partial charge on any atom is 0.303 e. The fourth-order valence-corrected chi connectivity index (χ4v) is 1.71. The number of benzene rings is 2. The first-order valence-electron chi connectivity index (χ1n) is 6.29. The Balaban J connectivity index is 2.21. The molecule has 3 N–H and O–H groups in total. The zero-order chi connectivity index (χ0) is 15.2. The Bertz CT molecular complexity index is 683. The van der Waals surface area contributed by atoms with Gasteiger partial charge in [-0.25, -0.2) is 0 Å². The van der Waals surface area contributed by atoms with Crippen LogP contribution >= 0.6 is 0 Å². The number of aromatic hydroxyl groups is 2. The van der Waals surface area contributed by atoms with E-state index in [1.54, 1.807) is 30.3 Å². The molecule has 21 heavy (non-hydrogen) atoms. The second kappa shape index (κ2) is 6.51. The van der Waals surface area contributed by atoms with Crippen molar-refractivity contribution < 1.29 is 20.1 Å². The maximum absolute atomic E-state index is 10.6. The van der Waals surface area contributed by atoms with Gasteiger partial charge in [-0.15, -0.1) is 10.2 Å². The first kappa shape index (κ1) is 14.5. The van der Waals surface area contributed by atoms with Crippen LogP contribution in [0.1, 0.15) is 12.0 Å². The number of hydrogen-bond donors (Lipinski definition) is 3. The fourth-order valence-electron chi connectivity index (χ4n) is 1.71. The first-order chi connectivity index (χ1) is 10.1. The average molecular weight is 286 g/mol. The van der Waals surface area contributed by atoms with Crippen molar-refractivity contribution in [1.29, 1.82) is 0 Å². The van der Waals surface area contributed by atoms with Gasteiger partial charge in [0.15, 0.2) is 0 Å². The number of para-hydroxylation sites is 1. The summed E-state index contributed by atoms with van der Waals surface area (Å²) in [5.41, 5.74) is 1.25. The second-order valence-corrected chi connectivity index (χ2v) is 4.41. The number of phenols is 2. The van der Waals surface area contributed by atoms with E-state index in [2.05, 4.69) is 10.2 Å². The van der Waals surface area contributed by atoms with E-state index in [0.717, 1.165) is 5.56 Å². The summed E-state index contributed by atoms with van der Waals surface area (Å²) in [6, 6.07) is 11.1. The van der Waals surface area contributed by atoms with Crippen molar-refractivity contribution in [1.82, 2.24) is 0 Å². The van der Waals surface area contributed by atoms with Gasteiger partial charge >= 0.3 is 5.97 Å². The topological polar surface area (TPSA) is 102 Å². The largest absolute Gasteiger partial charge is 0.506 e. The molecule has 108 valence electrons. The third kappa shape index (κ3) is 4.04. The van der Waals surface area contributed by atoms with E-state index in [0.29, 0.717) is 6.42 Å². The summed E-state index contributed by atoms with van der Waals surface area (Å²) in [5.74, 6) is -0.962. The lowest BCUT2D eigenvalue weighted by Gasteiger charge is -2.03. The molecule has 0 aliphatic rings. The fraction of sp³-hybridized carbons (Fsp3) is 0.133. The van der Waals surface area contributed by atoms with Crippen molar-refractivity contribution in [2.24, 2.45) is 10.2 Å². The lowest BCUT2D eigenvalue weighted by Crippen LogP contribution is -1.97. The number of azo groups is 1. The van der Waals surface area contributed by atoms with E-state index in [1.807, 2.05) is 0 Å². The predicted molar refractivity (Wildman–Crippen MR) is 76.3 cm³/mol. The molecule has 0 bridgehead atoms. The molecule has 2 aromatic rings. The number of carboxylic acids is 1. The van der Waals surface area contributed by atoms with Crippen LogP contribution in [-0.2, 0) is 11.2 Å². The van der Waals surface area contributed by atoms with Crippen molar-refractivity contribution in [3.8, 4) is 11.5 Å². The van der Waals surface area contributed by atoms with Gasteiger partial charge in [0.2, 0.25) is 0 Å². The Hall–Kier alpha value is -2.89. The lowest BCUT2D eigenvalue weighted by atomic mass is 10.1. The number of nitrogens with zero attached hydrogens (tertiary/aromatic N) is 2. The zero-order valence-corrected chi connectivity index (χ0v) is 11.1. The van der Waals surface area contributed by atoms with Crippen LogP contribution in [0.15, 0.2) is 52.7 Å². The SMILES string of the molecule is O=C(O)CCc1ccc(O)c(N=Nc2ccccc2O)c1. The Morgan fingerprint density at radius 3 is 2.33 bits per heavy atom. The lowest BCUT2D eigenvalue weighted by molar-refractivity contribution is -0.136. The molecular weight excluding hydrogens is 272 g/mol. The van der Waals surface area contributed by atoms with E-state index in [1.165, 1.54) is 12.1 Å². The molecule has 0 aromatic heterocycles. The molecule has 0 unspecified atom stereocenters. The number of rotatable bonds is 5. The van der Waals surface area contributed by atoms with Gasteiger partial charge in [0.05, 0.1) is 0 Å². The highest BCUT2D eigenvalue weighted by Crippen LogP contribution is 2.32. The number of aryl methyl sites for hydroxylation is 1. The normalized spacial score (nSPS) is 10.9. The van der Waals surface area contributed by atoms with Crippen molar-refractivity contribution in [3.63, 3.8) is 0 Å². The molecule has 0 radical (unpaired) electrons. The van der Waals surface area contributed by atoms with Gasteiger partial charge in [-0.3, -0.25) is 4.79 Å². The van der Waals surface area contributed by atoms with Crippen LogP contribution in [0.4, 0.5) is 11.4 Å². The second-order valence-electron chi connectivity index (χ2n) is 4.41. The zero-order valence-electron chi connectivity index (χ0n) is 11.1. The predicted octanol–water partition coefficient (Wildman–Crippen LogP) is 3.53. The molecular formula is C15H14N2O4. The number of phenolic OH excluding ortho intramolecular Hbond substituents is 2. The minimum absolute atomic E-state index is 0.000825. The molecule has 0 aliphatic heterocycles. The third-order valence-electron chi connectivity index (χ3n) is 2.81. The molecule has 0 fully saturated rings. The average Bonchev–Trinajstić information content (AvgIpc) is 2.46. The highest BCUT2D eigenvalue weighted by molar-refractivity contribution is 5.67. The van der Waals surface area contributed by atoms with Crippen LogP contribution in [0.5, 0.6) is 11.5 Å². The van der Waals surface area contributed by atoms with Crippen molar-refractivity contribution >= 4 is 17.3 Å². The molecule has 2 aromatic carbocycles. The van der Waals surface area contributed by atoms with Gasteiger partial charge in [0, 0.05) is 6.42 Å². The summed E-state index contributed by atoms with van der Waals surface area (Å²) < 4.78 is 0. The monoisotopic (exact) mass is 286 g/mol. The molecule has 6 nitrogen and oxygen atoms in total. The van der Waals surface area contributed by atoms with E-state index in [9.17, 15) is 15.0 Å². The van der Waals surface area contributed by atoms with Gasteiger partial charge in [-0.2, -0.15) is 0 Å². The number of carboxylic acid groups (broad SMARTS) is 1. The van der Waals surface area contributed by atoms with E-state index < -0.39 is 5.97 Å².